The van der Waals surface area contributed by atoms with Crippen LogP contribution >= 0.6 is 11.6 Å². The molecule has 0 aromatic heterocycles. The lowest BCUT2D eigenvalue weighted by molar-refractivity contribution is 0.0588. The van der Waals surface area contributed by atoms with E-state index in [1.807, 2.05) is 13.8 Å². The molecule has 1 aromatic rings. The number of rotatable bonds is 5. The first-order valence-electron chi connectivity index (χ1n) is 5.58. The summed E-state index contributed by atoms with van der Waals surface area (Å²) in [6.07, 6.45) is 0.699. The molecule has 0 aliphatic rings. The first-order valence-corrected chi connectivity index (χ1v) is 5.95. The molecular weight excluding hydrogens is 224 g/mol. The van der Waals surface area contributed by atoms with Gasteiger partial charge in [-0.2, -0.15) is 0 Å². The number of hydrogen-bond donors (Lipinski definition) is 1. The van der Waals surface area contributed by atoms with Gasteiger partial charge in [0.05, 0.1) is 0 Å². The molecule has 0 saturated heterocycles. The molecule has 1 unspecified atom stereocenters. The summed E-state index contributed by atoms with van der Waals surface area (Å²) in [5.41, 5.74) is 0.517. The van der Waals surface area contributed by atoms with E-state index in [-0.39, 0.29) is 11.7 Å². The molecule has 88 valence electrons. The fraction of sp³-hybridized carbons (Fsp3) is 0.462. The molecule has 0 amide bonds. The number of aliphatic hydroxyl groups is 1. The van der Waals surface area contributed by atoms with Crippen molar-refractivity contribution in [1.82, 2.24) is 0 Å². The molecule has 0 aliphatic heterocycles. The first-order chi connectivity index (χ1) is 7.60. The largest absolute Gasteiger partial charge is 0.385 e. The van der Waals surface area contributed by atoms with Gasteiger partial charge in [0.2, 0.25) is 0 Å². The molecule has 0 radical (unpaired) electrons. The Labute approximate surface area is 101 Å². The summed E-state index contributed by atoms with van der Waals surface area (Å²) in [6.45, 7) is 3.96. The summed E-state index contributed by atoms with van der Waals surface area (Å²) in [5, 5.41) is 10.5. The third-order valence-electron chi connectivity index (χ3n) is 2.89. The zero-order valence-corrected chi connectivity index (χ0v) is 10.4. The molecule has 3 heteroatoms. The predicted octanol–water partition coefficient (Wildman–Crippen LogP) is 3.32. The van der Waals surface area contributed by atoms with Crippen LogP contribution < -0.4 is 0 Å². The topological polar surface area (TPSA) is 37.3 Å². The number of halogens is 1. The first kappa shape index (κ1) is 13.2. The number of carbonyl (C=O) groups excluding carboxylic acids is 1. The quantitative estimate of drug-likeness (QED) is 0.802. The second kappa shape index (κ2) is 6.02. The van der Waals surface area contributed by atoms with Crippen LogP contribution in [-0.2, 0) is 0 Å². The zero-order valence-electron chi connectivity index (χ0n) is 9.61. The molecular formula is C13H17ClO2. The maximum Gasteiger partial charge on any atom is 0.191 e. The summed E-state index contributed by atoms with van der Waals surface area (Å²) in [5.74, 6) is -0.187. The van der Waals surface area contributed by atoms with Crippen LogP contribution in [0.25, 0.3) is 0 Å². The zero-order chi connectivity index (χ0) is 12.1. The molecule has 1 N–H and O–H groups in total. The van der Waals surface area contributed by atoms with Crippen molar-refractivity contribution in [2.45, 2.75) is 32.8 Å². The van der Waals surface area contributed by atoms with Gasteiger partial charge < -0.3 is 5.11 Å². The predicted molar refractivity (Wildman–Crippen MR) is 65.9 cm³/mol. The second-order valence-electron chi connectivity index (χ2n) is 3.89. The van der Waals surface area contributed by atoms with E-state index in [9.17, 15) is 9.90 Å². The number of aliphatic hydroxyl groups excluding tert-OH is 1. The number of hydrogen-bond acceptors (Lipinski definition) is 2. The summed E-state index contributed by atoms with van der Waals surface area (Å²) < 4.78 is 0. The van der Waals surface area contributed by atoms with Crippen LogP contribution in [0.15, 0.2) is 24.3 Å². The number of carbonyl (C=O) groups is 1. The minimum absolute atomic E-state index is 0.0307. The third kappa shape index (κ3) is 3.06. The van der Waals surface area contributed by atoms with Crippen LogP contribution in [0.1, 0.15) is 37.0 Å². The van der Waals surface area contributed by atoms with E-state index in [1.165, 1.54) is 0 Å². The van der Waals surface area contributed by atoms with Crippen molar-refractivity contribution in [3.05, 3.63) is 34.9 Å². The fourth-order valence-corrected chi connectivity index (χ4v) is 1.86. The van der Waals surface area contributed by atoms with Crippen molar-refractivity contribution in [3.8, 4) is 0 Å². The van der Waals surface area contributed by atoms with E-state index in [4.69, 9.17) is 11.6 Å². The van der Waals surface area contributed by atoms with Crippen LogP contribution in [0, 0.1) is 5.92 Å². The van der Waals surface area contributed by atoms with Crippen LogP contribution in [0.3, 0.4) is 0 Å². The standard InChI is InChI=1S/C13H17ClO2/c1-3-9(4-2)12(15)13(16)10-5-7-11(14)8-6-10/h5-9,12,15H,3-4H2,1-2H3. The van der Waals surface area contributed by atoms with Gasteiger partial charge in [-0.3, -0.25) is 4.79 Å². The van der Waals surface area contributed by atoms with Gasteiger partial charge in [0, 0.05) is 10.6 Å². The lowest BCUT2D eigenvalue weighted by atomic mass is 9.91. The van der Waals surface area contributed by atoms with E-state index in [1.54, 1.807) is 24.3 Å². The minimum Gasteiger partial charge on any atom is -0.385 e. The molecule has 0 aliphatic carbocycles. The molecule has 2 nitrogen and oxygen atoms in total. The smallest absolute Gasteiger partial charge is 0.191 e. The molecule has 1 atom stereocenters. The van der Waals surface area contributed by atoms with Crippen LogP contribution in [-0.4, -0.2) is 17.0 Å². The Balaban J connectivity index is 2.81. The lowest BCUT2D eigenvalue weighted by Gasteiger charge is -2.18. The summed E-state index contributed by atoms with van der Waals surface area (Å²) in [4.78, 5) is 11.9. The Bertz CT molecular complexity index is 341. The van der Waals surface area contributed by atoms with Crippen molar-refractivity contribution in [1.29, 1.82) is 0 Å². The Hall–Kier alpha value is -0.860. The molecule has 0 fully saturated rings. The van der Waals surface area contributed by atoms with Crippen LogP contribution in [0.2, 0.25) is 5.02 Å². The highest BCUT2D eigenvalue weighted by Crippen LogP contribution is 2.18. The summed E-state index contributed by atoms with van der Waals surface area (Å²) in [6, 6.07) is 6.62. The van der Waals surface area contributed by atoms with E-state index in [0.29, 0.717) is 10.6 Å². The van der Waals surface area contributed by atoms with E-state index in [2.05, 4.69) is 0 Å². The maximum atomic E-state index is 11.9. The molecule has 16 heavy (non-hydrogen) atoms. The number of Topliss-reactive ketones (excluding diaryl/α,β-unsaturated/α-hetero) is 1. The SMILES string of the molecule is CCC(CC)C(O)C(=O)c1ccc(Cl)cc1. The van der Waals surface area contributed by atoms with Gasteiger partial charge in [-0.1, -0.05) is 38.3 Å². The average molecular weight is 241 g/mol. The van der Waals surface area contributed by atoms with Gasteiger partial charge in [0.1, 0.15) is 6.10 Å². The van der Waals surface area contributed by atoms with Gasteiger partial charge >= 0.3 is 0 Å². The Morgan fingerprint density at radius 1 is 1.25 bits per heavy atom. The monoisotopic (exact) mass is 240 g/mol. The minimum atomic E-state index is -0.906. The second-order valence-corrected chi connectivity index (χ2v) is 4.33. The van der Waals surface area contributed by atoms with Gasteiger partial charge in [-0.05, 0) is 30.2 Å². The van der Waals surface area contributed by atoms with Crippen molar-refractivity contribution < 1.29 is 9.90 Å². The Morgan fingerprint density at radius 2 is 1.75 bits per heavy atom. The Kier molecular flexibility index (Phi) is 4.97. The van der Waals surface area contributed by atoms with Crippen LogP contribution in [0.4, 0.5) is 0 Å². The van der Waals surface area contributed by atoms with Gasteiger partial charge in [0.25, 0.3) is 0 Å². The van der Waals surface area contributed by atoms with Gasteiger partial charge in [-0.25, -0.2) is 0 Å². The van der Waals surface area contributed by atoms with Crippen LogP contribution in [0.5, 0.6) is 0 Å². The van der Waals surface area contributed by atoms with Gasteiger partial charge in [0.15, 0.2) is 5.78 Å². The highest BCUT2D eigenvalue weighted by atomic mass is 35.5. The number of benzene rings is 1. The Morgan fingerprint density at radius 3 is 2.19 bits per heavy atom. The molecule has 1 aromatic carbocycles. The highest BCUT2D eigenvalue weighted by Gasteiger charge is 2.24. The molecule has 0 spiro atoms. The van der Waals surface area contributed by atoms with Crippen molar-refractivity contribution >= 4 is 17.4 Å². The van der Waals surface area contributed by atoms with Crippen molar-refractivity contribution in [3.63, 3.8) is 0 Å². The van der Waals surface area contributed by atoms with Crippen molar-refractivity contribution in [2.24, 2.45) is 5.92 Å². The van der Waals surface area contributed by atoms with E-state index in [0.717, 1.165) is 12.8 Å². The molecule has 0 heterocycles. The highest BCUT2D eigenvalue weighted by molar-refractivity contribution is 6.30. The average Bonchev–Trinajstić information content (AvgIpc) is 2.30. The van der Waals surface area contributed by atoms with Crippen molar-refractivity contribution in [2.75, 3.05) is 0 Å². The van der Waals surface area contributed by atoms with Gasteiger partial charge in [-0.15, -0.1) is 0 Å². The number of ketones is 1. The van der Waals surface area contributed by atoms with E-state index < -0.39 is 6.10 Å². The molecule has 1 rings (SSSR count). The summed E-state index contributed by atoms with van der Waals surface area (Å²) in [7, 11) is 0. The van der Waals surface area contributed by atoms with E-state index >= 15 is 0 Å². The molecule has 0 bridgehead atoms. The lowest BCUT2D eigenvalue weighted by Crippen LogP contribution is -2.28. The normalized spacial score (nSPS) is 12.8. The molecule has 0 saturated carbocycles. The fourth-order valence-electron chi connectivity index (χ4n) is 1.73. The third-order valence-corrected chi connectivity index (χ3v) is 3.14. The summed E-state index contributed by atoms with van der Waals surface area (Å²) >= 11 is 5.74. The maximum absolute atomic E-state index is 11.9.